The van der Waals surface area contributed by atoms with E-state index in [9.17, 15) is 14.4 Å². The standard InChI is InChI=1S/C17H14ClN3O4S2/c1-25-16(24)10-4-3-9(18)7-12(10)19-13(22)8-21-15(23)14-11(5-6-27-14)20-17(21)26-2/h3-7H,8H2,1-2H3,(H,19,22). The van der Waals surface area contributed by atoms with Gasteiger partial charge in [0.1, 0.15) is 11.2 Å². The second kappa shape index (κ2) is 8.12. The predicted octanol–water partition coefficient (Wildman–Crippen LogP) is 3.26. The van der Waals surface area contributed by atoms with Gasteiger partial charge in [0.2, 0.25) is 5.91 Å². The number of rotatable bonds is 5. The Hall–Kier alpha value is -2.36. The lowest BCUT2D eigenvalue weighted by Crippen LogP contribution is -2.29. The van der Waals surface area contributed by atoms with Gasteiger partial charge in [0.25, 0.3) is 5.56 Å². The number of nitrogens with zero attached hydrogens (tertiary/aromatic N) is 2. The van der Waals surface area contributed by atoms with E-state index in [1.54, 1.807) is 17.7 Å². The summed E-state index contributed by atoms with van der Waals surface area (Å²) in [6.45, 7) is -0.247. The summed E-state index contributed by atoms with van der Waals surface area (Å²) in [5, 5.41) is 5.18. The van der Waals surface area contributed by atoms with Crippen molar-refractivity contribution in [3.63, 3.8) is 0 Å². The maximum atomic E-state index is 12.7. The number of thiophene rings is 1. The number of thioether (sulfide) groups is 1. The number of anilines is 1. The number of ether oxygens (including phenoxy) is 1. The van der Waals surface area contributed by atoms with Crippen LogP contribution in [-0.2, 0) is 16.1 Å². The third kappa shape index (κ3) is 4.00. The molecule has 3 aromatic rings. The van der Waals surface area contributed by atoms with Crippen LogP contribution in [0.15, 0.2) is 39.6 Å². The molecule has 0 unspecified atom stereocenters. The smallest absolute Gasteiger partial charge is 0.339 e. The van der Waals surface area contributed by atoms with Crippen LogP contribution in [0.5, 0.6) is 0 Å². The van der Waals surface area contributed by atoms with E-state index in [4.69, 9.17) is 16.3 Å². The number of hydrogen-bond acceptors (Lipinski definition) is 7. The number of fused-ring (bicyclic) bond motifs is 1. The highest BCUT2D eigenvalue weighted by molar-refractivity contribution is 7.98. The topological polar surface area (TPSA) is 90.3 Å². The number of aromatic nitrogens is 2. The fourth-order valence-electron chi connectivity index (χ4n) is 2.46. The summed E-state index contributed by atoms with van der Waals surface area (Å²) < 4.78 is 6.50. The zero-order valence-corrected chi connectivity index (χ0v) is 16.7. The van der Waals surface area contributed by atoms with E-state index in [1.165, 1.54) is 53.0 Å². The SMILES string of the molecule is COC(=O)c1ccc(Cl)cc1NC(=O)Cn1c(SC)nc2ccsc2c1=O. The molecule has 0 saturated carbocycles. The van der Waals surface area contributed by atoms with Crippen LogP contribution < -0.4 is 10.9 Å². The van der Waals surface area contributed by atoms with Crippen molar-refractivity contribution in [2.75, 3.05) is 18.7 Å². The van der Waals surface area contributed by atoms with Crippen LogP contribution >= 0.6 is 34.7 Å². The average Bonchev–Trinajstić information content (AvgIpc) is 3.12. The quantitative estimate of drug-likeness (QED) is 0.385. The van der Waals surface area contributed by atoms with Gasteiger partial charge in [-0.1, -0.05) is 23.4 Å². The molecule has 1 amide bonds. The molecule has 1 N–H and O–H groups in total. The van der Waals surface area contributed by atoms with E-state index < -0.39 is 11.9 Å². The Morgan fingerprint density at radius 3 is 2.85 bits per heavy atom. The Morgan fingerprint density at radius 2 is 2.15 bits per heavy atom. The van der Waals surface area contributed by atoms with Gasteiger partial charge in [-0.2, -0.15) is 0 Å². The minimum Gasteiger partial charge on any atom is -0.465 e. The molecule has 1 aromatic carbocycles. The van der Waals surface area contributed by atoms with Gasteiger partial charge in [0.05, 0.1) is 23.9 Å². The summed E-state index contributed by atoms with van der Waals surface area (Å²) in [7, 11) is 1.24. The van der Waals surface area contributed by atoms with Crippen molar-refractivity contribution in [2.24, 2.45) is 0 Å². The molecule has 2 aromatic heterocycles. The van der Waals surface area contributed by atoms with Gasteiger partial charge in [-0.15, -0.1) is 11.3 Å². The van der Waals surface area contributed by atoms with Gasteiger partial charge in [-0.05, 0) is 35.9 Å². The van der Waals surface area contributed by atoms with E-state index in [0.29, 0.717) is 20.4 Å². The van der Waals surface area contributed by atoms with Gasteiger partial charge in [-0.25, -0.2) is 9.78 Å². The number of halogens is 1. The fraction of sp³-hybridized carbons (Fsp3) is 0.176. The molecule has 0 spiro atoms. The van der Waals surface area contributed by atoms with Crippen molar-refractivity contribution in [3.8, 4) is 0 Å². The van der Waals surface area contributed by atoms with Crippen LogP contribution in [0.3, 0.4) is 0 Å². The lowest BCUT2D eigenvalue weighted by Gasteiger charge is -2.13. The molecule has 0 aliphatic heterocycles. The van der Waals surface area contributed by atoms with Crippen molar-refractivity contribution >= 4 is 62.5 Å². The van der Waals surface area contributed by atoms with Crippen LogP contribution in [0.25, 0.3) is 10.2 Å². The number of carbonyl (C=O) groups excluding carboxylic acids is 2. The molecular formula is C17H14ClN3O4S2. The van der Waals surface area contributed by atoms with Gasteiger partial charge >= 0.3 is 5.97 Å². The monoisotopic (exact) mass is 423 g/mol. The lowest BCUT2D eigenvalue weighted by molar-refractivity contribution is -0.116. The Kier molecular flexibility index (Phi) is 5.83. The summed E-state index contributed by atoms with van der Waals surface area (Å²) in [5.74, 6) is -1.09. The Bertz CT molecular complexity index is 1090. The first-order valence-electron chi connectivity index (χ1n) is 7.64. The second-order valence-electron chi connectivity index (χ2n) is 5.35. The largest absolute Gasteiger partial charge is 0.465 e. The summed E-state index contributed by atoms with van der Waals surface area (Å²) in [6, 6.07) is 6.20. The molecule has 0 atom stereocenters. The molecule has 0 saturated heterocycles. The van der Waals surface area contributed by atoms with E-state index in [-0.39, 0.29) is 23.4 Å². The lowest BCUT2D eigenvalue weighted by atomic mass is 10.2. The molecule has 0 radical (unpaired) electrons. The molecule has 27 heavy (non-hydrogen) atoms. The molecule has 10 heteroatoms. The van der Waals surface area contributed by atoms with E-state index >= 15 is 0 Å². The molecule has 140 valence electrons. The first kappa shape index (κ1) is 19.4. The molecule has 7 nitrogen and oxygen atoms in total. The highest BCUT2D eigenvalue weighted by Gasteiger charge is 2.17. The summed E-state index contributed by atoms with van der Waals surface area (Å²) in [5.41, 5.74) is 0.699. The molecule has 0 aliphatic carbocycles. The summed E-state index contributed by atoms with van der Waals surface area (Å²) >= 11 is 8.51. The highest BCUT2D eigenvalue weighted by Crippen LogP contribution is 2.23. The zero-order valence-electron chi connectivity index (χ0n) is 14.3. The summed E-state index contributed by atoms with van der Waals surface area (Å²) in [4.78, 5) is 41.5. The van der Waals surface area contributed by atoms with E-state index in [1.807, 2.05) is 0 Å². The number of benzene rings is 1. The zero-order chi connectivity index (χ0) is 19.6. The van der Waals surface area contributed by atoms with Crippen LogP contribution in [0.4, 0.5) is 5.69 Å². The number of hydrogen-bond donors (Lipinski definition) is 1. The van der Waals surface area contributed by atoms with Crippen LogP contribution in [0.1, 0.15) is 10.4 Å². The summed E-state index contributed by atoms with van der Waals surface area (Å²) in [6.07, 6.45) is 1.78. The van der Waals surface area contributed by atoms with Crippen LogP contribution in [0.2, 0.25) is 5.02 Å². The maximum absolute atomic E-state index is 12.7. The number of esters is 1. The van der Waals surface area contributed by atoms with Gasteiger partial charge in [0.15, 0.2) is 5.16 Å². The van der Waals surface area contributed by atoms with Gasteiger partial charge in [0, 0.05) is 5.02 Å². The van der Waals surface area contributed by atoms with E-state index in [2.05, 4.69) is 10.3 Å². The second-order valence-corrected chi connectivity index (χ2v) is 7.48. The molecule has 2 heterocycles. The predicted molar refractivity (Wildman–Crippen MR) is 107 cm³/mol. The molecule has 0 bridgehead atoms. The average molecular weight is 424 g/mol. The Balaban J connectivity index is 1.92. The molecular weight excluding hydrogens is 410 g/mol. The van der Waals surface area contributed by atoms with Gasteiger partial charge in [-0.3, -0.25) is 14.2 Å². The number of methoxy groups -OCH3 is 1. The first-order valence-corrected chi connectivity index (χ1v) is 10.1. The maximum Gasteiger partial charge on any atom is 0.339 e. The van der Waals surface area contributed by atoms with E-state index in [0.717, 1.165) is 0 Å². The van der Waals surface area contributed by atoms with Crippen molar-refractivity contribution in [2.45, 2.75) is 11.7 Å². The normalized spacial score (nSPS) is 10.8. The number of amides is 1. The third-order valence-electron chi connectivity index (χ3n) is 3.68. The van der Waals surface area contributed by atoms with Crippen molar-refractivity contribution in [3.05, 3.63) is 50.6 Å². The highest BCUT2D eigenvalue weighted by atomic mass is 35.5. The Morgan fingerprint density at radius 1 is 1.37 bits per heavy atom. The van der Waals surface area contributed by atoms with Crippen LogP contribution in [0, 0.1) is 0 Å². The number of nitrogens with one attached hydrogen (secondary N) is 1. The Labute approximate surface area is 167 Å². The number of carbonyl (C=O) groups is 2. The van der Waals surface area contributed by atoms with Crippen LogP contribution in [-0.4, -0.2) is 34.8 Å². The minimum absolute atomic E-state index is 0.166. The minimum atomic E-state index is -0.606. The first-order chi connectivity index (χ1) is 12.9. The molecule has 3 rings (SSSR count). The molecule has 0 aliphatic rings. The van der Waals surface area contributed by atoms with Gasteiger partial charge < -0.3 is 10.1 Å². The van der Waals surface area contributed by atoms with Crippen molar-refractivity contribution in [1.82, 2.24) is 9.55 Å². The van der Waals surface area contributed by atoms with Crippen molar-refractivity contribution in [1.29, 1.82) is 0 Å². The third-order valence-corrected chi connectivity index (χ3v) is 5.48. The van der Waals surface area contributed by atoms with Crippen molar-refractivity contribution < 1.29 is 14.3 Å². The molecule has 0 fully saturated rings. The fourth-order valence-corrected chi connectivity index (χ4v) is 3.97.